The van der Waals surface area contributed by atoms with E-state index in [4.69, 9.17) is 9.47 Å². The van der Waals surface area contributed by atoms with E-state index in [0.717, 1.165) is 11.1 Å². The molecule has 1 aliphatic rings. The number of nitrogens with one attached hydrogen (secondary N) is 2. The largest absolute Gasteiger partial charge is 0.493 e. The van der Waals surface area contributed by atoms with Crippen molar-refractivity contribution >= 4 is 35.2 Å². The Morgan fingerprint density at radius 3 is 2.23 bits per heavy atom. The van der Waals surface area contributed by atoms with Crippen LogP contribution in [0.15, 0.2) is 42.6 Å². The molecule has 0 aliphatic carbocycles. The van der Waals surface area contributed by atoms with E-state index in [1.54, 1.807) is 55.7 Å². The van der Waals surface area contributed by atoms with Crippen LogP contribution in [-0.2, 0) is 20.8 Å². The Morgan fingerprint density at radius 1 is 1.00 bits per heavy atom. The third-order valence-electron chi connectivity index (χ3n) is 4.81. The molecule has 0 saturated carbocycles. The summed E-state index contributed by atoms with van der Waals surface area (Å²) in [5, 5.41) is 5.46. The molecule has 8 nitrogen and oxygen atoms in total. The average molecular weight is 423 g/mol. The minimum absolute atomic E-state index is 0.102. The summed E-state index contributed by atoms with van der Waals surface area (Å²) in [6, 6.07) is 10.5. The minimum atomic E-state index is -0.210. The molecule has 3 rings (SSSR count). The van der Waals surface area contributed by atoms with Gasteiger partial charge in [-0.1, -0.05) is 0 Å². The highest BCUT2D eigenvalue weighted by atomic mass is 16.5. The molecule has 3 amide bonds. The number of methoxy groups -OCH3 is 2. The molecule has 0 saturated heterocycles. The van der Waals surface area contributed by atoms with Gasteiger partial charge in [0.1, 0.15) is 0 Å². The molecule has 0 spiro atoms. The summed E-state index contributed by atoms with van der Waals surface area (Å²) in [6.45, 7) is 1.69. The topological polar surface area (TPSA) is 97.0 Å². The number of nitrogens with zero attached hydrogens (tertiary/aromatic N) is 1. The van der Waals surface area contributed by atoms with Crippen molar-refractivity contribution in [3.05, 3.63) is 53.7 Å². The quantitative estimate of drug-likeness (QED) is 0.714. The van der Waals surface area contributed by atoms with Crippen LogP contribution < -0.4 is 20.1 Å². The second-order valence-electron chi connectivity index (χ2n) is 7.04. The van der Waals surface area contributed by atoms with Crippen LogP contribution in [0, 0.1) is 0 Å². The number of benzene rings is 2. The molecule has 0 fully saturated rings. The van der Waals surface area contributed by atoms with Crippen molar-refractivity contribution in [2.24, 2.45) is 0 Å². The van der Waals surface area contributed by atoms with Crippen molar-refractivity contribution < 1.29 is 23.9 Å². The first kappa shape index (κ1) is 21.9. The predicted octanol–water partition coefficient (Wildman–Crippen LogP) is 3.05. The Morgan fingerprint density at radius 2 is 1.61 bits per heavy atom. The summed E-state index contributed by atoms with van der Waals surface area (Å²) in [5.41, 5.74) is 2.98. The molecule has 1 heterocycles. The van der Waals surface area contributed by atoms with Crippen LogP contribution >= 0.6 is 0 Å². The molecule has 0 unspecified atom stereocenters. The Hall–Kier alpha value is -3.81. The fraction of sp³-hybridized carbons (Fsp3) is 0.261. The zero-order valence-electron chi connectivity index (χ0n) is 17.7. The number of hydrogen-bond acceptors (Lipinski definition) is 5. The van der Waals surface area contributed by atoms with Crippen LogP contribution in [-0.4, -0.2) is 43.4 Å². The Labute approximate surface area is 180 Å². The van der Waals surface area contributed by atoms with Crippen molar-refractivity contribution in [2.45, 2.75) is 19.8 Å². The molecule has 1 aliphatic heterocycles. The first-order valence-corrected chi connectivity index (χ1v) is 9.79. The summed E-state index contributed by atoms with van der Waals surface area (Å²) in [6.07, 6.45) is 3.87. The van der Waals surface area contributed by atoms with Gasteiger partial charge in [0.2, 0.25) is 17.7 Å². The average Bonchev–Trinajstić information content (AvgIpc) is 2.89. The summed E-state index contributed by atoms with van der Waals surface area (Å²) < 4.78 is 10.6. The summed E-state index contributed by atoms with van der Waals surface area (Å²) >= 11 is 0. The molecule has 0 aromatic heterocycles. The van der Waals surface area contributed by atoms with Gasteiger partial charge in [0, 0.05) is 37.5 Å². The van der Waals surface area contributed by atoms with Crippen LogP contribution in [0.25, 0.3) is 6.08 Å². The molecule has 31 heavy (non-hydrogen) atoms. The lowest BCUT2D eigenvalue weighted by Gasteiger charge is -2.17. The summed E-state index contributed by atoms with van der Waals surface area (Å²) in [5.74, 6) is 0.690. The normalized spacial score (nSPS) is 12.6. The van der Waals surface area contributed by atoms with Gasteiger partial charge in [-0.15, -0.1) is 0 Å². The van der Waals surface area contributed by atoms with Gasteiger partial charge < -0.3 is 25.0 Å². The van der Waals surface area contributed by atoms with E-state index < -0.39 is 0 Å². The molecule has 0 bridgehead atoms. The zero-order valence-corrected chi connectivity index (χ0v) is 17.7. The lowest BCUT2D eigenvalue weighted by atomic mass is 10.0. The number of anilines is 2. The lowest BCUT2D eigenvalue weighted by molar-refractivity contribution is -0.128. The van der Waals surface area contributed by atoms with Crippen LogP contribution in [0.4, 0.5) is 11.4 Å². The molecule has 0 atom stereocenters. The number of fused-ring (bicyclic) bond motifs is 1. The van der Waals surface area contributed by atoms with E-state index in [1.807, 2.05) is 12.1 Å². The van der Waals surface area contributed by atoms with E-state index in [0.29, 0.717) is 22.9 Å². The SMILES string of the molecule is COc1cc2c(cc1OC)CC(=O)N(CCC(=O)Nc1ccc(NC(C)=O)cc1)C=C2. The minimum Gasteiger partial charge on any atom is -0.493 e. The summed E-state index contributed by atoms with van der Waals surface area (Å²) in [4.78, 5) is 37.6. The molecule has 2 N–H and O–H groups in total. The number of ether oxygens (including phenoxy) is 2. The molecule has 8 heteroatoms. The smallest absolute Gasteiger partial charge is 0.230 e. The standard InChI is InChI=1S/C23H25N3O5/c1-15(27)24-18-4-6-19(7-5-18)25-22(28)9-11-26-10-8-16-12-20(30-2)21(31-3)13-17(16)14-23(26)29/h4-8,10,12-13H,9,11,14H2,1-3H3,(H,24,27)(H,25,28). The van der Waals surface area contributed by atoms with Crippen LogP contribution in [0.5, 0.6) is 11.5 Å². The van der Waals surface area contributed by atoms with Gasteiger partial charge in [-0.05, 0) is 53.6 Å². The van der Waals surface area contributed by atoms with Crippen molar-refractivity contribution in [2.75, 3.05) is 31.4 Å². The predicted molar refractivity (Wildman–Crippen MR) is 118 cm³/mol. The molecule has 2 aromatic rings. The van der Waals surface area contributed by atoms with Gasteiger partial charge in [-0.2, -0.15) is 0 Å². The Balaban J connectivity index is 1.59. The summed E-state index contributed by atoms with van der Waals surface area (Å²) in [7, 11) is 3.12. The third kappa shape index (κ3) is 5.63. The van der Waals surface area contributed by atoms with Gasteiger partial charge in [0.05, 0.1) is 20.6 Å². The molecular weight excluding hydrogens is 398 g/mol. The van der Waals surface area contributed by atoms with Gasteiger partial charge >= 0.3 is 0 Å². The fourth-order valence-electron chi connectivity index (χ4n) is 3.25. The van der Waals surface area contributed by atoms with Crippen LogP contribution in [0.2, 0.25) is 0 Å². The van der Waals surface area contributed by atoms with Crippen molar-refractivity contribution in [3.8, 4) is 11.5 Å². The van der Waals surface area contributed by atoms with E-state index >= 15 is 0 Å². The van der Waals surface area contributed by atoms with Crippen molar-refractivity contribution in [1.29, 1.82) is 0 Å². The van der Waals surface area contributed by atoms with E-state index in [2.05, 4.69) is 10.6 Å². The van der Waals surface area contributed by atoms with Gasteiger partial charge in [-0.25, -0.2) is 0 Å². The third-order valence-corrected chi connectivity index (χ3v) is 4.81. The second kappa shape index (κ2) is 9.80. The number of amides is 3. The molecular formula is C23H25N3O5. The second-order valence-corrected chi connectivity index (χ2v) is 7.04. The van der Waals surface area contributed by atoms with Crippen LogP contribution in [0.1, 0.15) is 24.5 Å². The number of rotatable bonds is 7. The Kier molecular flexibility index (Phi) is 6.92. The zero-order chi connectivity index (χ0) is 22.4. The van der Waals surface area contributed by atoms with Crippen molar-refractivity contribution in [1.82, 2.24) is 4.90 Å². The fourth-order valence-corrected chi connectivity index (χ4v) is 3.25. The van der Waals surface area contributed by atoms with Crippen LogP contribution in [0.3, 0.4) is 0 Å². The van der Waals surface area contributed by atoms with E-state index in [9.17, 15) is 14.4 Å². The first-order valence-electron chi connectivity index (χ1n) is 9.79. The van der Waals surface area contributed by atoms with Gasteiger partial charge in [0.25, 0.3) is 0 Å². The van der Waals surface area contributed by atoms with Crippen molar-refractivity contribution in [3.63, 3.8) is 0 Å². The maximum absolute atomic E-state index is 12.7. The number of hydrogen-bond donors (Lipinski definition) is 2. The van der Waals surface area contributed by atoms with Gasteiger partial charge in [0.15, 0.2) is 11.5 Å². The monoisotopic (exact) mass is 423 g/mol. The van der Waals surface area contributed by atoms with E-state index in [-0.39, 0.29) is 37.1 Å². The van der Waals surface area contributed by atoms with E-state index in [1.165, 1.54) is 6.92 Å². The lowest BCUT2D eigenvalue weighted by Crippen LogP contribution is -2.29. The molecule has 162 valence electrons. The highest BCUT2D eigenvalue weighted by Crippen LogP contribution is 2.32. The first-order chi connectivity index (χ1) is 14.9. The highest BCUT2D eigenvalue weighted by molar-refractivity contribution is 5.93. The highest BCUT2D eigenvalue weighted by Gasteiger charge is 2.20. The maximum Gasteiger partial charge on any atom is 0.230 e. The number of carbonyl (C=O) groups is 3. The maximum atomic E-state index is 12.7. The Bertz CT molecular complexity index is 1010. The molecule has 2 aromatic carbocycles. The van der Waals surface area contributed by atoms with Gasteiger partial charge in [-0.3, -0.25) is 14.4 Å². The number of carbonyl (C=O) groups excluding carboxylic acids is 3. The molecule has 0 radical (unpaired) electrons.